The number of aromatic nitrogens is 1. The van der Waals surface area contributed by atoms with E-state index in [1.165, 1.54) is 0 Å². The lowest BCUT2D eigenvalue weighted by molar-refractivity contribution is -0.123. The van der Waals surface area contributed by atoms with Crippen molar-refractivity contribution in [3.8, 4) is 0 Å². The molecule has 4 rings (SSSR count). The molecule has 1 fully saturated rings. The van der Waals surface area contributed by atoms with Crippen LogP contribution in [0.5, 0.6) is 0 Å². The summed E-state index contributed by atoms with van der Waals surface area (Å²) in [5.41, 5.74) is 2.09. The van der Waals surface area contributed by atoms with E-state index in [1.807, 2.05) is 54.6 Å². The molecule has 1 N–H and O–H groups in total. The molecule has 1 aromatic carbocycles. The molecule has 1 saturated carbocycles. The molecule has 0 radical (unpaired) electrons. The Hall–Kier alpha value is -2.88. The summed E-state index contributed by atoms with van der Waals surface area (Å²) in [5, 5.41) is 3.20. The van der Waals surface area contributed by atoms with E-state index in [0.29, 0.717) is 0 Å². The predicted octanol–water partition coefficient (Wildman–Crippen LogP) is 3.68. The fraction of sp³-hybridized carbons (Fsp3) is 0.200. The second-order valence-electron chi connectivity index (χ2n) is 6.10. The summed E-state index contributed by atoms with van der Waals surface area (Å²) in [7, 11) is 0. The predicted molar refractivity (Wildman–Crippen MR) is 90.2 cm³/mol. The molecule has 0 bridgehead atoms. The monoisotopic (exact) mass is 318 g/mol. The van der Waals surface area contributed by atoms with E-state index in [4.69, 9.17) is 4.42 Å². The maximum atomic E-state index is 12.7. The van der Waals surface area contributed by atoms with E-state index in [9.17, 15) is 4.79 Å². The number of nitrogens with zero attached hydrogens (tertiary/aromatic N) is 1. The molecular weight excluding hydrogens is 300 g/mol. The zero-order valence-electron chi connectivity index (χ0n) is 13.1. The maximum Gasteiger partial charge on any atom is 0.224 e. The van der Waals surface area contributed by atoms with Gasteiger partial charge in [0, 0.05) is 24.2 Å². The first-order valence-corrected chi connectivity index (χ1v) is 8.11. The molecule has 0 aliphatic heterocycles. The van der Waals surface area contributed by atoms with Gasteiger partial charge in [0.05, 0.1) is 12.3 Å². The molecule has 0 spiro atoms. The van der Waals surface area contributed by atoms with Crippen LogP contribution in [0.1, 0.15) is 35.3 Å². The first-order valence-electron chi connectivity index (χ1n) is 8.11. The standard InChI is InChI=1S/C20H18N2O2/c23-20(17-13-16(17)18-7-4-12-24-18)22-19(14-5-2-1-3-6-14)15-8-10-21-11-9-15/h1-12,16-17,19H,13H2,(H,22,23)/t16-,17+,19+/m0/s1. The Morgan fingerprint density at radius 2 is 1.79 bits per heavy atom. The topological polar surface area (TPSA) is 55.1 Å². The molecule has 3 atom stereocenters. The number of amides is 1. The molecule has 0 unspecified atom stereocenters. The number of hydrogen-bond donors (Lipinski definition) is 1. The highest BCUT2D eigenvalue weighted by molar-refractivity contribution is 5.83. The van der Waals surface area contributed by atoms with Gasteiger partial charge >= 0.3 is 0 Å². The molecule has 2 aromatic heterocycles. The third kappa shape index (κ3) is 2.95. The van der Waals surface area contributed by atoms with Gasteiger partial charge in [0.25, 0.3) is 0 Å². The molecule has 3 aromatic rings. The Morgan fingerprint density at radius 1 is 1.04 bits per heavy atom. The molecule has 2 heterocycles. The molecule has 24 heavy (non-hydrogen) atoms. The van der Waals surface area contributed by atoms with Crippen molar-refractivity contribution in [3.05, 3.63) is 90.1 Å². The van der Waals surface area contributed by atoms with Gasteiger partial charge in [-0.05, 0) is 41.8 Å². The van der Waals surface area contributed by atoms with Crippen LogP contribution in [-0.4, -0.2) is 10.9 Å². The Balaban J connectivity index is 1.54. The molecule has 1 amide bonds. The highest BCUT2D eigenvalue weighted by atomic mass is 16.3. The van der Waals surface area contributed by atoms with Gasteiger partial charge in [-0.15, -0.1) is 0 Å². The van der Waals surface area contributed by atoms with Gasteiger partial charge in [0.2, 0.25) is 5.91 Å². The van der Waals surface area contributed by atoms with Crippen molar-refractivity contribution in [3.63, 3.8) is 0 Å². The van der Waals surface area contributed by atoms with E-state index in [1.54, 1.807) is 18.7 Å². The fourth-order valence-corrected chi connectivity index (χ4v) is 3.11. The second kappa shape index (κ2) is 6.32. The Bertz CT molecular complexity index is 761. The van der Waals surface area contributed by atoms with Crippen molar-refractivity contribution in [2.75, 3.05) is 0 Å². The number of furan rings is 1. The van der Waals surface area contributed by atoms with Crippen molar-refractivity contribution < 1.29 is 9.21 Å². The van der Waals surface area contributed by atoms with Gasteiger partial charge in [-0.2, -0.15) is 0 Å². The Morgan fingerprint density at radius 3 is 2.50 bits per heavy atom. The fourth-order valence-electron chi connectivity index (χ4n) is 3.11. The van der Waals surface area contributed by atoms with E-state index in [0.717, 1.165) is 23.3 Å². The van der Waals surface area contributed by atoms with Crippen LogP contribution in [0.25, 0.3) is 0 Å². The zero-order valence-corrected chi connectivity index (χ0v) is 13.1. The first kappa shape index (κ1) is 14.7. The lowest BCUT2D eigenvalue weighted by atomic mass is 9.99. The SMILES string of the molecule is O=C(N[C@H](c1ccccc1)c1ccncc1)[C@@H]1C[C@@H]1c1ccco1. The summed E-state index contributed by atoms with van der Waals surface area (Å²) in [6, 6.07) is 17.5. The van der Waals surface area contributed by atoms with Gasteiger partial charge in [0.15, 0.2) is 0 Å². The number of carbonyl (C=O) groups is 1. The third-order valence-corrected chi connectivity index (χ3v) is 4.49. The summed E-state index contributed by atoms with van der Waals surface area (Å²) >= 11 is 0. The Labute approximate surface area is 140 Å². The van der Waals surface area contributed by atoms with Crippen LogP contribution in [0.4, 0.5) is 0 Å². The van der Waals surface area contributed by atoms with E-state index < -0.39 is 0 Å². The van der Waals surface area contributed by atoms with Crippen LogP contribution in [0, 0.1) is 5.92 Å². The van der Waals surface area contributed by atoms with Crippen LogP contribution < -0.4 is 5.32 Å². The Kier molecular flexibility index (Phi) is 3.87. The molecule has 4 nitrogen and oxygen atoms in total. The van der Waals surface area contributed by atoms with Crippen molar-refractivity contribution >= 4 is 5.91 Å². The van der Waals surface area contributed by atoms with Crippen LogP contribution in [0.3, 0.4) is 0 Å². The number of pyridine rings is 1. The smallest absolute Gasteiger partial charge is 0.224 e. The summed E-state index contributed by atoms with van der Waals surface area (Å²) < 4.78 is 5.42. The van der Waals surface area contributed by atoms with Crippen LogP contribution in [0.2, 0.25) is 0 Å². The van der Waals surface area contributed by atoms with Crippen LogP contribution in [0.15, 0.2) is 77.7 Å². The average Bonchev–Trinajstić information content (AvgIpc) is 3.26. The minimum Gasteiger partial charge on any atom is -0.469 e. The quantitative estimate of drug-likeness (QED) is 0.780. The minimum atomic E-state index is -0.167. The highest BCUT2D eigenvalue weighted by Crippen LogP contribution is 2.48. The van der Waals surface area contributed by atoms with Gasteiger partial charge in [-0.25, -0.2) is 0 Å². The number of carbonyl (C=O) groups excluding carboxylic acids is 1. The molecule has 4 heteroatoms. The minimum absolute atomic E-state index is 0.0100. The highest BCUT2D eigenvalue weighted by Gasteiger charge is 2.46. The van der Waals surface area contributed by atoms with Crippen LogP contribution in [-0.2, 0) is 4.79 Å². The van der Waals surface area contributed by atoms with E-state index in [-0.39, 0.29) is 23.8 Å². The van der Waals surface area contributed by atoms with E-state index in [2.05, 4.69) is 10.3 Å². The number of nitrogens with one attached hydrogen (secondary N) is 1. The third-order valence-electron chi connectivity index (χ3n) is 4.49. The summed E-state index contributed by atoms with van der Waals surface area (Å²) in [6.07, 6.45) is 6.00. The van der Waals surface area contributed by atoms with E-state index >= 15 is 0 Å². The van der Waals surface area contributed by atoms with Crippen molar-refractivity contribution in [2.45, 2.75) is 18.4 Å². The number of rotatable bonds is 5. The van der Waals surface area contributed by atoms with Gasteiger partial charge in [-0.3, -0.25) is 9.78 Å². The molecule has 1 aliphatic rings. The molecule has 120 valence electrons. The van der Waals surface area contributed by atoms with Gasteiger partial charge in [0.1, 0.15) is 5.76 Å². The van der Waals surface area contributed by atoms with Crippen molar-refractivity contribution in [1.29, 1.82) is 0 Å². The lowest BCUT2D eigenvalue weighted by Gasteiger charge is -2.19. The largest absolute Gasteiger partial charge is 0.469 e. The van der Waals surface area contributed by atoms with Crippen LogP contribution >= 0.6 is 0 Å². The second-order valence-corrected chi connectivity index (χ2v) is 6.10. The maximum absolute atomic E-state index is 12.7. The zero-order chi connectivity index (χ0) is 16.4. The van der Waals surface area contributed by atoms with Crippen molar-refractivity contribution in [1.82, 2.24) is 10.3 Å². The normalized spacial score (nSPS) is 20.3. The molecule has 1 aliphatic carbocycles. The first-order chi connectivity index (χ1) is 11.8. The van der Waals surface area contributed by atoms with Crippen molar-refractivity contribution in [2.24, 2.45) is 5.92 Å². The summed E-state index contributed by atoms with van der Waals surface area (Å²) in [6.45, 7) is 0. The van der Waals surface area contributed by atoms with Gasteiger partial charge < -0.3 is 9.73 Å². The molecule has 0 saturated heterocycles. The van der Waals surface area contributed by atoms with Gasteiger partial charge in [-0.1, -0.05) is 30.3 Å². The summed E-state index contributed by atoms with van der Waals surface area (Å²) in [4.78, 5) is 16.8. The summed E-state index contributed by atoms with van der Waals surface area (Å²) in [5.74, 6) is 1.16. The lowest BCUT2D eigenvalue weighted by Crippen LogP contribution is -2.30. The number of benzene rings is 1. The number of hydrogen-bond acceptors (Lipinski definition) is 3. The average molecular weight is 318 g/mol. The molecular formula is C20H18N2O2.